The highest BCUT2D eigenvalue weighted by Crippen LogP contribution is 2.18. The Balaban J connectivity index is 4.38. The fourth-order valence-corrected chi connectivity index (χ4v) is 10.2. The van der Waals surface area contributed by atoms with Gasteiger partial charge in [0.1, 0.15) is 13.2 Å². The lowest BCUT2D eigenvalue weighted by Crippen LogP contribution is -2.30. The third kappa shape index (κ3) is 67.3. The second-order valence-corrected chi connectivity index (χ2v) is 23.4. The summed E-state index contributed by atoms with van der Waals surface area (Å²) in [5.74, 6) is -0.935. The molecule has 0 aliphatic heterocycles. The van der Waals surface area contributed by atoms with Crippen molar-refractivity contribution in [3.63, 3.8) is 0 Å². The molecule has 0 saturated carbocycles. The molecular weight excluding hydrogens is 997 g/mol. The summed E-state index contributed by atoms with van der Waals surface area (Å²) < 4.78 is 16.9. The van der Waals surface area contributed by atoms with Crippen LogP contribution in [0.1, 0.15) is 355 Å². The van der Waals surface area contributed by atoms with Crippen LogP contribution >= 0.6 is 0 Å². The highest BCUT2D eigenvalue weighted by Gasteiger charge is 2.19. The summed E-state index contributed by atoms with van der Waals surface area (Å²) >= 11 is 0. The van der Waals surface area contributed by atoms with Gasteiger partial charge in [-0.2, -0.15) is 0 Å². The van der Waals surface area contributed by atoms with Crippen LogP contribution in [-0.2, 0) is 28.6 Å². The quantitative estimate of drug-likeness (QED) is 0.0261. The predicted octanol–water partition coefficient (Wildman–Crippen LogP) is 24.2. The number of hydrogen-bond acceptors (Lipinski definition) is 6. The van der Waals surface area contributed by atoms with Crippen LogP contribution in [0.2, 0.25) is 0 Å². The Morgan fingerprint density at radius 2 is 0.494 bits per heavy atom. The SMILES string of the molecule is CC/C=C\C/C=C\C/C=C\C/C=C\C/C=C\CCCC(=O)OCC(COC(=O)CCCCCCCCCCCCC/C=C\C/C=C\CCCCCCC)OC(=O)CCCCCCCCCCCCCCCCCCCCCCCCC. The highest BCUT2D eigenvalue weighted by atomic mass is 16.6. The van der Waals surface area contributed by atoms with Crippen molar-refractivity contribution in [2.75, 3.05) is 13.2 Å². The van der Waals surface area contributed by atoms with E-state index in [2.05, 4.69) is 106 Å². The van der Waals surface area contributed by atoms with Crippen molar-refractivity contribution >= 4 is 17.9 Å². The van der Waals surface area contributed by atoms with Gasteiger partial charge in [-0.3, -0.25) is 14.4 Å². The van der Waals surface area contributed by atoms with E-state index in [-0.39, 0.29) is 37.5 Å². The summed E-state index contributed by atoms with van der Waals surface area (Å²) in [6, 6.07) is 0. The van der Waals surface area contributed by atoms with Gasteiger partial charge in [-0.05, 0) is 89.9 Å². The molecule has 0 amide bonds. The first-order valence-electron chi connectivity index (χ1n) is 35.1. The van der Waals surface area contributed by atoms with Crippen molar-refractivity contribution in [3.8, 4) is 0 Å². The molecule has 1 atom stereocenters. The van der Waals surface area contributed by atoms with Gasteiger partial charge in [0.05, 0.1) is 0 Å². The molecule has 6 nitrogen and oxygen atoms in total. The van der Waals surface area contributed by atoms with Gasteiger partial charge in [-0.25, -0.2) is 0 Å². The van der Waals surface area contributed by atoms with Crippen LogP contribution < -0.4 is 0 Å². The van der Waals surface area contributed by atoms with Crippen molar-refractivity contribution in [2.24, 2.45) is 0 Å². The van der Waals surface area contributed by atoms with Crippen LogP contribution in [-0.4, -0.2) is 37.2 Å². The topological polar surface area (TPSA) is 78.9 Å². The number of carbonyl (C=O) groups is 3. The lowest BCUT2D eigenvalue weighted by Gasteiger charge is -2.18. The molecular formula is C75H132O6. The fourth-order valence-electron chi connectivity index (χ4n) is 10.2. The summed E-state index contributed by atoms with van der Waals surface area (Å²) in [7, 11) is 0. The zero-order valence-corrected chi connectivity index (χ0v) is 53.8. The monoisotopic (exact) mass is 1130 g/mol. The van der Waals surface area contributed by atoms with E-state index < -0.39 is 6.10 Å². The molecule has 0 aliphatic rings. The first-order chi connectivity index (χ1) is 40.0. The van der Waals surface area contributed by atoms with E-state index in [9.17, 15) is 14.4 Å². The Hall–Kier alpha value is -3.41. The van der Waals surface area contributed by atoms with Crippen molar-refractivity contribution in [3.05, 3.63) is 85.1 Å². The zero-order chi connectivity index (χ0) is 58.5. The second kappa shape index (κ2) is 69.1. The number of carbonyl (C=O) groups excluding carboxylic acids is 3. The molecule has 1 unspecified atom stereocenters. The van der Waals surface area contributed by atoms with Gasteiger partial charge >= 0.3 is 17.9 Å². The van der Waals surface area contributed by atoms with Crippen LogP contribution in [0.3, 0.4) is 0 Å². The molecule has 0 fully saturated rings. The number of allylic oxidation sites excluding steroid dienone is 14. The van der Waals surface area contributed by atoms with E-state index in [1.54, 1.807) is 0 Å². The summed E-state index contributed by atoms with van der Waals surface area (Å²) in [5, 5.41) is 0. The molecule has 6 heteroatoms. The Morgan fingerprint density at radius 3 is 0.802 bits per heavy atom. The van der Waals surface area contributed by atoms with Crippen LogP contribution in [0.15, 0.2) is 85.1 Å². The number of rotatable bonds is 64. The molecule has 0 saturated heterocycles. The van der Waals surface area contributed by atoms with E-state index in [0.717, 1.165) is 83.5 Å². The lowest BCUT2D eigenvalue weighted by molar-refractivity contribution is -0.167. The average molecular weight is 1130 g/mol. The van der Waals surface area contributed by atoms with Crippen LogP contribution in [0.5, 0.6) is 0 Å². The van der Waals surface area contributed by atoms with Gasteiger partial charge in [0.2, 0.25) is 0 Å². The summed E-state index contributed by atoms with van der Waals surface area (Å²) in [6.07, 6.45) is 91.9. The molecule has 0 aromatic rings. The average Bonchev–Trinajstić information content (AvgIpc) is 3.47. The highest BCUT2D eigenvalue weighted by molar-refractivity contribution is 5.71. The van der Waals surface area contributed by atoms with Crippen molar-refractivity contribution < 1.29 is 28.6 Å². The smallest absolute Gasteiger partial charge is 0.306 e. The maximum absolute atomic E-state index is 13.0. The summed E-state index contributed by atoms with van der Waals surface area (Å²) in [6.45, 7) is 6.52. The minimum atomic E-state index is -0.801. The van der Waals surface area contributed by atoms with Gasteiger partial charge in [-0.1, -0.05) is 331 Å². The van der Waals surface area contributed by atoms with E-state index in [1.165, 1.54) is 225 Å². The van der Waals surface area contributed by atoms with E-state index in [1.807, 2.05) is 0 Å². The van der Waals surface area contributed by atoms with Gasteiger partial charge < -0.3 is 14.2 Å². The third-order valence-corrected chi connectivity index (χ3v) is 15.4. The Morgan fingerprint density at radius 1 is 0.259 bits per heavy atom. The molecule has 0 radical (unpaired) electrons. The number of hydrogen-bond donors (Lipinski definition) is 0. The zero-order valence-electron chi connectivity index (χ0n) is 53.8. The second-order valence-electron chi connectivity index (χ2n) is 23.4. The van der Waals surface area contributed by atoms with E-state index in [0.29, 0.717) is 19.3 Å². The molecule has 0 bridgehead atoms. The Labute approximate surface area is 503 Å². The summed E-state index contributed by atoms with van der Waals surface area (Å²) in [5.41, 5.74) is 0. The molecule has 0 aromatic heterocycles. The third-order valence-electron chi connectivity index (χ3n) is 15.4. The molecule has 0 aromatic carbocycles. The minimum Gasteiger partial charge on any atom is -0.462 e. The van der Waals surface area contributed by atoms with Gasteiger partial charge in [0.15, 0.2) is 6.10 Å². The van der Waals surface area contributed by atoms with Crippen molar-refractivity contribution in [2.45, 2.75) is 361 Å². The van der Waals surface area contributed by atoms with Gasteiger partial charge in [0.25, 0.3) is 0 Å². The number of ether oxygens (including phenoxy) is 3. The Kier molecular flexibility index (Phi) is 66.2. The molecule has 0 rings (SSSR count). The predicted molar refractivity (Wildman–Crippen MR) is 353 cm³/mol. The molecule has 0 N–H and O–H groups in total. The van der Waals surface area contributed by atoms with Crippen LogP contribution in [0.25, 0.3) is 0 Å². The lowest BCUT2D eigenvalue weighted by atomic mass is 10.0. The van der Waals surface area contributed by atoms with Crippen LogP contribution in [0, 0.1) is 0 Å². The molecule has 81 heavy (non-hydrogen) atoms. The van der Waals surface area contributed by atoms with E-state index in [4.69, 9.17) is 14.2 Å². The molecule has 0 heterocycles. The number of esters is 3. The van der Waals surface area contributed by atoms with Crippen molar-refractivity contribution in [1.29, 1.82) is 0 Å². The maximum atomic E-state index is 13.0. The number of unbranched alkanes of at least 4 members (excludes halogenated alkanes) is 39. The minimum absolute atomic E-state index is 0.0923. The maximum Gasteiger partial charge on any atom is 0.306 e. The van der Waals surface area contributed by atoms with Gasteiger partial charge in [0, 0.05) is 19.3 Å². The van der Waals surface area contributed by atoms with E-state index >= 15 is 0 Å². The van der Waals surface area contributed by atoms with Crippen LogP contribution in [0.4, 0.5) is 0 Å². The van der Waals surface area contributed by atoms with Crippen molar-refractivity contribution in [1.82, 2.24) is 0 Å². The molecule has 468 valence electrons. The normalized spacial score (nSPS) is 12.6. The molecule has 0 aliphatic carbocycles. The fraction of sp³-hybridized carbons (Fsp3) is 0.773. The summed E-state index contributed by atoms with van der Waals surface area (Å²) in [4.78, 5) is 38.4. The molecule has 0 spiro atoms. The first-order valence-corrected chi connectivity index (χ1v) is 35.1. The Bertz CT molecular complexity index is 1530. The largest absolute Gasteiger partial charge is 0.462 e. The van der Waals surface area contributed by atoms with Gasteiger partial charge in [-0.15, -0.1) is 0 Å². The standard InChI is InChI=1S/C75H132O6/c1-4-7-10-13-16-19-22-25-28-31-33-35-37-39-41-44-47-50-53-56-59-62-65-68-74(77)80-71-72(70-79-73(76)67-64-61-58-55-52-49-46-43-30-27-24-21-18-15-12-9-6-3)81-75(78)69-66-63-60-57-54-51-48-45-42-40-38-36-34-32-29-26-23-20-17-14-11-8-5-2/h9,12,18,21-22,25,27,30-31,33,46,49,55,58,72H,4-8,10-11,13-17,19-20,23-24,26,28-29,32,34-45,47-48,50-54,56-57,59-71H2,1-3H3/b12-9-,21-18-,25-22-,30-27-,33-31-,49-46-,58-55-. The first kappa shape index (κ1) is 77.6.